The molecule has 0 aromatic heterocycles. The first kappa shape index (κ1) is 15.2. The monoisotopic (exact) mass is 304 g/mol. The van der Waals surface area contributed by atoms with Gasteiger partial charge in [0.1, 0.15) is 11.2 Å². The summed E-state index contributed by atoms with van der Waals surface area (Å²) in [7, 11) is -7.98. The molecule has 1 aromatic carbocycles. The Kier molecular flexibility index (Phi) is 4.55. The molecule has 1 unspecified atom stereocenters. The summed E-state index contributed by atoms with van der Waals surface area (Å²) in [5, 5.41) is 0. The molecular formula is C8H8F3O5PS. The molecule has 0 fully saturated rings. The third-order valence-corrected chi connectivity index (χ3v) is 3.72. The standard InChI is InChI=1S/C8H8F3O5PS/c9-8(10,11)6-3-1-2-4-7(6)18(14,15)16-5-17(12)13/h1-4,17H,5H2,(H,12,13). The van der Waals surface area contributed by atoms with E-state index in [0.29, 0.717) is 12.1 Å². The highest BCUT2D eigenvalue weighted by Crippen LogP contribution is 2.34. The van der Waals surface area contributed by atoms with Crippen molar-refractivity contribution >= 4 is 18.1 Å². The average molecular weight is 304 g/mol. The van der Waals surface area contributed by atoms with Crippen LogP contribution in [0.3, 0.4) is 0 Å². The highest BCUT2D eigenvalue weighted by molar-refractivity contribution is 7.87. The number of alkyl halides is 3. The van der Waals surface area contributed by atoms with Crippen molar-refractivity contribution in [1.29, 1.82) is 0 Å². The van der Waals surface area contributed by atoms with Crippen molar-refractivity contribution in [3.63, 3.8) is 0 Å². The molecule has 0 heterocycles. The summed E-state index contributed by atoms with van der Waals surface area (Å²) in [5.74, 6) is 0. The molecule has 0 aliphatic heterocycles. The van der Waals surface area contributed by atoms with E-state index < -0.39 is 41.1 Å². The van der Waals surface area contributed by atoms with Crippen LogP contribution >= 0.6 is 8.03 Å². The van der Waals surface area contributed by atoms with E-state index in [0.717, 1.165) is 12.1 Å². The van der Waals surface area contributed by atoms with Gasteiger partial charge in [-0.3, -0.25) is 8.75 Å². The Bertz CT molecular complexity index is 554. The van der Waals surface area contributed by atoms with E-state index in [9.17, 15) is 26.2 Å². The lowest BCUT2D eigenvalue weighted by Gasteiger charge is -2.12. The van der Waals surface area contributed by atoms with Crippen LogP contribution in [0.15, 0.2) is 29.2 Å². The summed E-state index contributed by atoms with van der Waals surface area (Å²) in [6, 6.07) is 3.41. The minimum Gasteiger partial charge on any atom is -0.345 e. The van der Waals surface area contributed by atoms with Gasteiger partial charge in [-0.2, -0.15) is 21.6 Å². The van der Waals surface area contributed by atoms with E-state index in [-0.39, 0.29) is 0 Å². The van der Waals surface area contributed by atoms with Gasteiger partial charge in [-0.25, -0.2) is 0 Å². The van der Waals surface area contributed by atoms with Crippen molar-refractivity contribution in [3.8, 4) is 0 Å². The number of hydrogen-bond acceptors (Lipinski definition) is 4. The van der Waals surface area contributed by atoms with Crippen LogP contribution in [-0.2, 0) is 25.0 Å². The fraction of sp³-hybridized carbons (Fsp3) is 0.250. The quantitative estimate of drug-likeness (QED) is 0.678. The smallest absolute Gasteiger partial charge is 0.345 e. The van der Waals surface area contributed by atoms with Crippen molar-refractivity contribution < 1.29 is 35.2 Å². The van der Waals surface area contributed by atoms with Gasteiger partial charge < -0.3 is 4.89 Å². The number of rotatable bonds is 4. The first-order valence-corrected chi connectivity index (χ1v) is 7.39. The first-order chi connectivity index (χ1) is 8.14. The summed E-state index contributed by atoms with van der Waals surface area (Å²) in [5.41, 5.74) is -1.39. The minimum atomic E-state index is -4.86. The van der Waals surface area contributed by atoms with Gasteiger partial charge >= 0.3 is 6.18 Å². The summed E-state index contributed by atoms with van der Waals surface area (Å²) in [6.45, 7) is 0. The van der Waals surface area contributed by atoms with E-state index in [4.69, 9.17) is 4.89 Å². The van der Waals surface area contributed by atoms with Gasteiger partial charge in [0.25, 0.3) is 10.1 Å². The molecule has 1 N–H and O–H groups in total. The lowest BCUT2D eigenvalue weighted by molar-refractivity contribution is -0.140. The Morgan fingerprint density at radius 2 is 1.83 bits per heavy atom. The topological polar surface area (TPSA) is 80.7 Å². The molecule has 0 aliphatic carbocycles. The van der Waals surface area contributed by atoms with Crippen molar-refractivity contribution in [3.05, 3.63) is 29.8 Å². The molecule has 18 heavy (non-hydrogen) atoms. The molecule has 1 atom stereocenters. The third-order valence-electron chi connectivity index (χ3n) is 1.80. The average Bonchev–Trinajstić information content (AvgIpc) is 2.25. The van der Waals surface area contributed by atoms with Gasteiger partial charge in [-0.1, -0.05) is 12.1 Å². The molecule has 0 saturated heterocycles. The lowest BCUT2D eigenvalue weighted by Crippen LogP contribution is -2.15. The zero-order valence-corrected chi connectivity index (χ0v) is 10.5. The van der Waals surface area contributed by atoms with Crippen molar-refractivity contribution in [1.82, 2.24) is 0 Å². The van der Waals surface area contributed by atoms with Gasteiger partial charge in [-0.15, -0.1) is 0 Å². The van der Waals surface area contributed by atoms with Crippen LogP contribution in [0.1, 0.15) is 5.56 Å². The lowest BCUT2D eigenvalue weighted by atomic mass is 10.2. The molecule has 1 rings (SSSR count). The zero-order chi connectivity index (χ0) is 14.0. The molecule has 0 spiro atoms. The highest BCUT2D eigenvalue weighted by atomic mass is 32.2. The number of hydrogen-bond donors (Lipinski definition) is 1. The van der Waals surface area contributed by atoms with E-state index in [2.05, 4.69) is 4.18 Å². The predicted molar refractivity (Wildman–Crippen MR) is 55.8 cm³/mol. The maximum Gasteiger partial charge on any atom is 0.417 e. The van der Waals surface area contributed by atoms with Crippen LogP contribution in [-0.4, -0.2) is 19.7 Å². The molecule has 0 radical (unpaired) electrons. The molecule has 0 aliphatic rings. The molecule has 0 amide bonds. The Morgan fingerprint density at radius 1 is 1.28 bits per heavy atom. The fourth-order valence-electron chi connectivity index (χ4n) is 1.11. The second-order valence-corrected chi connectivity index (χ2v) is 5.76. The number of benzene rings is 1. The molecule has 5 nitrogen and oxygen atoms in total. The normalized spacial score (nSPS) is 14.4. The molecule has 0 bridgehead atoms. The van der Waals surface area contributed by atoms with Crippen LogP contribution in [0.25, 0.3) is 0 Å². The van der Waals surface area contributed by atoms with Crippen LogP contribution in [0.4, 0.5) is 13.2 Å². The van der Waals surface area contributed by atoms with Gasteiger partial charge in [0, 0.05) is 0 Å². The Labute approximate surface area is 101 Å². The van der Waals surface area contributed by atoms with Crippen LogP contribution in [0.5, 0.6) is 0 Å². The molecular weight excluding hydrogens is 296 g/mol. The Hall–Kier alpha value is -0.890. The van der Waals surface area contributed by atoms with Gasteiger partial charge in [0.2, 0.25) is 8.03 Å². The second-order valence-electron chi connectivity index (χ2n) is 3.10. The maximum atomic E-state index is 12.6. The minimum absolute atomic E-state index is 0.582. The molecule has 10 heteroatoms. The zero-order valence-electron chi connectivity index (χ0n) is 8.64. The summed E-state index contributed by atoms with van der Waals surface area (Å²) in [6.07, 6.45) is -5.92. The van der Waals surface area contributed by atoms with E-state index in [1.807, 2.05) is 0 Å². The number of halogens is 3. The Balaban J connectivity index is 3.21. The molecule has 102 valence electrons. The third kappa shape index (κ3) is 3.81. The van der Waals surface area contributed by atoms with Crippen molar-refractivity contribution in [2.24, 2.45) is 0 Å². The van der Waals surface area contributed by atoms with Crippen LogP contribution < -0.4 is 0 Å². The van der Waals surface area contributed by atoms with Crippen LogP contribution in [0, 0.1) is 0 Å². The summed E-state index contributed by atoms with van der Waals surface area (Å²) >= 11 is 0. The van der Waals surface area contributed by atoms with E-state index >= 15 is 0 Å². The van der Waals surface area contributed by atoms with Crippen molar-refractivity contribution in [2.75, 3.05) is 6.35 Å². The Morgan fingerprint density at radius 3 is 2.33 bits per heavy atom. The summed E-state index contributed by atoms with van der Waals surface area (Å²) in [4.78, 5) is 7.34. The first-order valence-electron chi connectivity index (χ1n) is 4.42. The SMILES string of the molecule is O=[PH](O)COS(=O)(=O)c1ccccc1C(F)(F)F. The van der Waals surface area contributed by atoms with Crippen molar-refractivity contribution in [2.45, 2.75) is 11.1 Å². The van der Waals surface area contributed by atoms with E-state index in [1.165, 1.54) is 0 Å². The van der Waals surface area contributed by atoms with Gasteiger partial charge in [-0.05, 0) is 12.1 Å². The largest absolute Gasteiger partial charge is 0.417 e. The molecule has 1 aromatic rings. The van der Waals surface area contributed by atoms with E-state index in [1.54, 1.807) is 0 Å². The van der Waals surface area contributed by atoms with Gasteiger partial charge in [0.15, 0.2) is 0 Å². The van der Waals surface area contributed by atoms with Crippen LogP contribution in [0.2, 0.25) is 0 Å². The predicted octanol–water partition coefficient (Wildman–Crippen LogP) is 1.84. The molecule has 0 saturated carbocycles. The summed E-state index contributed by atoms with van der Waals surface area (Å²) < 4.78 is 75.0. The van der Waals surface area contributed by atoms with Gasteiger partial charge in [0.05, 0.1) is 5.56 Å². The highest BCUT2D eigenvalue weighted by Gasteiger charge is 2.37. The second kappa shape index (κ2) is 5.40. The fourth-order valence-corrected chi connectivity index (χ4v) is 2.96. The maximum absolute atomic E-state index is 12.6.